The molecule has 0 spiro atoms. The molecule has 2 aliphatic heterocycles. The van der Waals surface area contributed by atoms with Crippen LogP contribution in [0.25, 0.3) is 0 Å². The molecular weight excluding hydrogens is 756 g/mol. The summed E-state index contributed by atoms with van der Waals surface area (Å²) in [6.45, 7) is 3.46. The van der Waals surface area contributed by atoms with Gasteiger partial charge in [0.25, 0.3) is 11.8 Å². The van der Waals surface area contributed by atoms with Crippen molar-refractivity contribution < 1.29 is 63.7 Å². The Balaban J connectivity index is 0.00000600. The third-order valence-corrected chi connectivity index (χ3v) is 11.1. The minimum atomic E-state index is -2.16. The molecule has 4 aliphatic rings. The van der Waals surface area contributed by atoms with Crippen molar-refractivity contribution in [1.82, 2.24) is 10.3 Å². The van der Waals surface area contributed by atoms with Gasteiger partial charge in [-0.1, -0.05) is 19.1 Å². The molecule has 6 atom stereocenters. The number of fused-ring (bicyclic) bond motifs is 3. The maximum absolute atomic E-state index is 14.1. The zero-order chi connectivity index (χ0) is 40.2. The monoisotopic (exact) mass is 800 g/mol. The molecule has 2 heterocycles. The SMILES string of the molecule is COc1cccc2c1C(=O)c1c(O)c3c(c(O)c1C2=O)C[C@@](O)(/C(CO)=N/NC(=O)CCCN1C(=O)C=CC1=O)C[C@]3(C)COC1C[C@H](N)[C@](C)(O)[C@H](C)O1.Cl. The van der Waals surface area contributed by atoms with Gasteiger partial charge in [0.2, 0.25) is 11.7 Å². The van der Waals surface area contributed by atoms with Gasteiger partial charge in [0.15, 0.2) is 12.1 Å². The maximum Gasteiger partial charge on any atom is 0.253 e. The van der Waals surface area contributed by atoms with Crippen LogP contribution < -0.4 is 15.9 Å². The normalized spacial score (nSPS) is 28.4. The van der Waals surface area contributed by atoms with E-state index in [0.717, 1.165) is 17.1 Å². The molecule has 1 saturated heterocycles. The van der Waals surface area contributed by atoms with E-state index in [9.17, 15) is 49.5 Å². The molecule has 6 rings (SSSR count). The third-order valence-electron chi connectivity index (χ3n) is 11.1. The minimum absolute atomic E-state index is 0. The van der Waals surface area contributed by atoms with Gasteiger partial charge >= 0.3 is 0 Å². The number of amides is 3. The Morgan fingerprint density at radius 3 is 2.34 bits per heavy atom. The Bertz CT molecular complexity index is 2020. The second-order valence-corrected chi connectivity index (χ2v) is 14.9. The number of hydrogen-bond acceptors (Lipinski definition) is 15. The molecule has 0 bridgehead atoms. The van der Waals surface area contributed by atoms with Crippen molar-refractivity contribution in [2.45, 2.75) is 87.9 Å². The molecule has 302 valence electrons. The lowest BCUT2D eigenvalue weighted by Crippen LogP contribution is -2.60. The average Bonchev–Trinajstić information content (AvgIpc) is 3.45. The molecule has 1 fully saturated rings. The van der Waals surface area contributed by atoms with E-state index >= 15 is 0 Å². The number of ketones is 2. The summed E-state index contributed by atoms with van der Waals surface area (Å²) in [7, 11) is 1.32. The number of phenols is 2. The standard InChI is InChI=1S/C38H44N4O13.ClH/c1-18-37(3,51)22(39)13-27(55-18)54-17-36(2)16-38(52,23(15-43)40-41-24(44)9-6-12-42-25(45)10-11-26(42)46)14-20-31(36)35(50)30-29(33(20)48)32(47)19-7-5-8-21(53-4)28(19)34(30)49;/h5,7-8,10-11,18,22,27,43,48,50-52H,6,9,12-17,39H2,1-4H3,(H,41,44);1H/b40-23+;/t18-,22-,27?,36+,37+,38-;/m0./s1. The van der Waals surface area contributed by atoms with Crippen LogP contribution >= 0.6 is 12.4 Å². The van der Waals surface area contributed by atoms with Crippen molar-refractivity contribution in [3.8, 4) is 17.2 Å². The van der Waals surface area contributed by atoms with E-state index in [2.05, 4.69) is 10.5 Å². The van der Waals surface area contributed by atoms with Crippen LogP contribution in [0.3, 0.4) is 0 Å². The van der Waals surface area contributed by atoms with Gasteiger partial charge in [-0.2, -0.15) is 5.10 Å². The van der Waals surface area contributed by atoms with Crippen molar-refractivity contribution in [1.29, 1.82) is 0 Å². The molecule has 2 aromatic rings. The van der Waals surface area contributed by atoms with Crippen LogP contribution in [0.4, 0.5) is 0 Å². The number of carbonyl (C=O) groups is 5. The Kier molecular flexibility index (Phi) is 11.8. The number of nitrogens with two attached hydrogens (primary N) is 1. The fourth-order valence-corrected chi connectivity index (χ4v) is 7.91. The molecule has 0 saturated carbocycles. The molecule has 1 unspecified atom stereocenters. The summed E-state index contributed by atoms with van der Waals surface area (Å²) in [4.78, 5) is 65.4. The van der Waals surface area contributed by atoms with Crippen LogP contribution in [0.1, 0.15) is 89.4 Å². The van der Waals surface area contributed by atoms with Crippen molar-refractivity contribution in [2.24, 2.45) is 10.8 Å². The Labute approximate surface area is 327 Å². The van der Waals surface area contributed by atoms with Crippen LogP contribution in [-0.4, -0.2) is 122 Å². The van der Waals surface area contributed by atoms with Gasteiger partial charge in [-0.3, -0.25) is 28.9 Å². The van der Waals surface area contributed by atoms with E-state index in [1.54, 1.807) is 13.8 Å². The molecule has 8 N–H and O–H groups in total. The second kappa shape index (κ2) is 15.7. The first-order chi connectivity index (χ1) is 25.9. The predicted molar refractivity (Wildman–Crippen MR) is 199 cm³/mol. The van der Waals surface area contributed by atoms with Crippen LogP contribution in [0.2, 0.25) is 0 Å². The number of halogens is 1. The summed E-state index contributed by atoms with van der Waals surface area (Å²) in [6.07, 6.45) is -0.396. The number of methoxy groups -OCH3 is 1. The number of rotatable bonds is 11. The number of nitrogens with one attached hydrogen (secondary N) is 1. The number of aromatic hydroxyl groups is 2. The van der Waals surface area contributed by atoms with Gasteiger partial charge in [0.1, 0.15) is 28.5 Å². The largest absolute Gasteiger partial charge is 0.507 e. The summed E-state index contributed by atoms with van der Waals surface area (Å²) >= 11 is 0. The lowest BCUT2D eigenvalue weighted by molar-refractivity contribution is -0.254. The maximum atomic E-state index is 14.1. The van der Waals surface area contributed by atoms with Crippen LogP contribution in [0.5, 0.6) is 17.2 Å². The van der Waals surface area contributed by atoms with E-state index in [0.29, 0.717) is 0 Å². The Morgan fingerprint density at radius 2 is 1.71 bits per heavy atom. The van der Waals surface area contributed by atoms with E-state index in [1.807, 2.05) is 0 Å². The molecule has 0 radical (unpaired) electrons. The van der Waals surface area contributed by atoms with Gasteiger partial charge in [-0.25, -0.2) is 5.43 Å². The van der Waals surface area contributed by atoms with Gasteiger partial charge in [-0.05, 0) is 32.8 Å². The molecule has 2 aliphatic carbocycles. The molecule has 18 heteroatoms. The van der Waals surface area contributed by atoms with Crippen LogP contribution in [-0.2, 0) is 35.7 Å². The second-order valence-electron chi connectivity index (χ2n) is 14.9. The predicted octanol–water partition coefficient (Wildman–Crippen LogP) is 0.638. The zero-order valence-electron chi connectivity index (χ0n) is 31.2. The van der Waals surface area contributed by atoms with Gasteiger partial charge < -0.3 is 45.5 Å². The van der Waals surface area contributed by atoms with Crippen molar-refractivity contribution in [2.75, 3.05) is 26.9 Å². The van der Waals surface area contributed by atoms with E-state index < -0.39 is 100.0 Å². The van der Waals surface area contributed by atoms with Crippen LogP contribution in [0.15, 0.2) is 35.5 Å². The minimum Gasteiger partial charge on any atom is -0.507 e. The fraction of sp³-hybridized carbons (Fsp3) is 0.474. The Morgan fingerprint density at radius 1 is 1.05 bits per heavy atom. The number of hydrogen-bond donors (Lipinski definition) is 7. The number of nitrogens with zero attached hydrogens (tertiary/aromatic N) is 2. The third kappa shape index (κ3) is 7.19. The summed E-state index contributed by atoms with van der Waals surface area (Å²) in [5, 5.41) is 61.5. The van der Waals surface area contributed by atoms with Crippen molar-refractivity contribution >= 4 is 47.4 Å². The zero-order valence-corrected chi connectivity index (χ0v) is 32.0. The molecule has 17 nitrogen and oxygen atoms in total. The molecule has 2 aromatic carbocycles. The number of hydrazone groups is 1. The lowest BCUT2D eigenvalue weighted by atomic mass is 9.62. The van der Waals surface area contributed by atoms with Crippen molar-refractivity contribution in [3.05, 3.63) is 63.7 Å². The first kappa shape index (κ1) is 42.4. The first-order valence-electron chi connectivity index (χ1n) is 17.7. The molecular formula is C38H45ClN4O13. The van der Waals surface area contributed by atoms with E-state index in [4.69, 9.17) is 19.9 Å². The number of carbonyl (C=O) groups excluding carboxylic acids is 5. The lowest BCUT2D eigenvalue weighted by Gasteiger charge is -2.47. The topological polar surface area (TPSA) is 268 Å². The molecule has 3 amide bonds. The number of aliphatic hydroxyl groups excluding tert-OH is 1. The van der Waals surface area contributed by atoms with Gasteiger partial charge in [0.05, 0.1) is 48.8 Å². The molecule has 56 heavy (non-hydrogen) atoms. The smallest absolute Gasteiger partial charge is 0.253 e. The number of ether oxygens (including phenoxy) is 3. The fourth-order valence-electron chi connectivity index (χ4n) is 7.91. The summed E-state index contributed by atoms with van der Waals surface area (Å²) in [6, 6.07) is 3.61. The number of benzene rings is 2. The Hall–Kier alpha value is -4.75. The highest BCUT2D eigenvalue weighted by atomic mass is 35.5. The van der Waals surface area contributed by atoms with Gasteiger partial charge in [-0.15, -0.1) is 12.4 Å². The quantitative estimate of drug-likeness (QED) is 0.0608. The number of aliphatic hydroxyl groups is 3. The highest BCUT2D eigenvalue weighted by Crippen LogP contribution is 2.54. The number of phenolic OH excluding ortho intramolecular Hbond substituents is 2. The van der Waals surface area contributed by atoms with Gasteiger partial charge in [0, 0.05) is 66.1 Å². The highest BCUT2D eigenvalue weighted by molar-refractivity contribution is 6.31. The summed E-state index contributed by atoms with van der Waals surface area (Å²) < 4.78 is 17.4. The number of imide groups is 1. The average molecular weight is 801 g/mol. The van der Waals surface area contributed by atoms with Crippen molar-refractivity contribution in [3.63, 3.8) is 0 Å². The van der Waals surface area contributed by atoms with E-state index in [1.165, 1.54) is 32.2 Å². The van der Waals surface area contributed by atoms with Crippen LogP contribution in [0, 0.1) is 0 Å². The highest BCUT2D eigenvalue weighted by Gasteiger charge is 2.53. The van der Waals surface area contributed by atoms with E-state index in [-0.39, 0.29) is 85.0 Å². The first-order valence-corrected chi connectivity index (χ1v) is 17.7. The summed E-state index contributed by atoms with van der Waals surface area (Å²) in [5.74, 6) is -4.47. The summed E-state index contributed by atoms with van der Waals surface area (Å²) in [5.41, 5.74) is 1.83. The molecule has 0 aromatic heterocycles.